The SMILES string of the molecule is CC(C)(C)OC(=O)NNC(=O)CCCC(=O)OCc1ccccc1. The number of hydrogen-bond acceptors (Lipinski definition) is 5. The topological polar surface area (TPSA) is 93.7 Å². The van der Waals surface area contributed by atoms with Crippen LogP contribution in [0.1, 0.15) is 45.6 Å². The van der Waals surface area contributed by atoms with E-state index in [1.54, 1.807) is 20.8 Å². The minimum absolute atomic E-state index is 0.0935. The van der Waals surface area contributed by atoms with Crippen LogP contribution >= 0.6 is 0 Å². The molecule has 0 saturated carbocycles. The Balaban J connectivity index is 2.12. The van der Waals surface area contributed by atoms with Crippen molar-refractivity contribution >= 4 is 18.0 Å². The van der Waals surface area contributed by atoms with Crippen LogP contribution < -0.4 is 10.9 Å². The summed E-state index contributed by atoms with van der Waals surface area (Å²) >= 11 is 0. The van der Waals surface area contributed by atoms with Crippen molar-refractivity contribution in [2.45, 2.75) is 52.2 Å². The normalized spacial score (nSPS) is 10.6. The van der Waals surface area contributed by atoms with Gasteiger partial charge in [-0.15, -0.1) is 0 Å². The molecule has 0 aliphatic carbocycles. The third-order valence-corrected chi connectivity index (χ3v) is 2.73. The maximum absolute atomic E-state index is 11.6. The Bertz CT molecular complexity index is 552. The summed E-state index contributed by atoms with van der Waals surface area (Å²) in [5, 5.41) is 0. The van der Waals surface area contributed by atoms with Crippen LogP contribution in [0.3, 0.4) is 0 Å². The van der Waals surface area contributed by atoms with Gasteiger partial charge in [0.2, 0.25) is 5.91 Å². The zero-order valence-corrected chi connectivity index (χ0v) is 14.3. The van der Waals surface area contributed by atoms with Crippen LogP contribution in [-0.4, -0.2) is 23.6 Å². The zero-order chi connectivity index (χ0) is 18.0. The smallest absolute Gasteiger partial charge is 0.426 e. The summed E-state index contributed by atoms with van der Waals surface area (Å²) in [5.41, 5.74) is 4.63. The van der Waals surface area contributed by atoms with Gasteiger partial charge >= 0.3 is 12.1 Å². The van der Waals surface area contributed by atoms with Crippen molar-refractivity contribution in [3.8, 4) is 0 Å². The highest BCUT2D eigenvalue weighted by atomic mass is 16.6. The molecule has 132 valence electrons. The number of esters is 1. The largest absolute Gasteiger partial charge is 0.461 e. The minimum atomic E-state index is -0.738. The lowest BCUT2D eigenvalue weighted by molar-refractivity contribution is -0.145. The van der Waals surface area contributed by atoms with Crippen LogP contribution in [0.2, 0.25) is 0 Å². The maximum atomic E-state index is 11.6. The van der Waals surface area contributed by atoms with Gasteiger partial charge in [-0.25, -0.2) is 10.2 Å². The summed E-state index contributed by atoms with van der Waals surface area (Å²) in [7, 11) is 0. The first-order chi connectivity index (χ1) is 11.3. The van der Waals surface area contributed by atoms with E-state index in [-0.39, 0.29) is 25.4 Å². The number of hydrogen-bond donors (Lipinski definition) is 2. The summed E-state index contributed by atoms with van der Waals surface area (Å²) in [4.78, 5) is 34.5. The fourth-order valence-electron chi connectivity index (χ4n) is 1.69. The molecule has 2 amide bonds. The molecule has 1 aromatic rings. The van der Waals surface area contributed by atoms with Gasteiger partial charge in [0, 0.05) is 12.8 Å². The van der Waals surface area contributed by atoms with Gasteiger partial charge in [0.1, 0.15) is 12.2 Å². The van der Waals surface area contributed by atoms with Gasteiger partial charge in [-0.3, -0.25) is 15.0 Å². The molecule has 1 aromatic carbocycles. The van der Waals surface area contributed by atoms with E-state index in [2.05, 4.69) is 10.9 Å². The Morgan fingerprint density at radius 3 is 2.29 bits per heavy atom. The molecule has 7 nitrogen and oxygen atoms in total. The first kappa shape index (κ1) is 19.5. The predicted molar refractivity (Wildman–Crippen MR) is 87.6 cm³/mol. The highest BCUT2D eigenvalue weighted by Crippen LogP contribution is 2.06. The average molecular weight is 336 g/mol. The van der Waals surface area contributed by atoms with Crippen molar-refractivity contribution in [2.24, 2.45) is 0 Å². The molecule has 7 heteroatoms. The van der Waals surface area contributed by atoms with E-state index in [0.29, 0.717) is 6.42 Å². The predicted octanol–water partition coefficient (Wildman–Crippen LogP) is 2.46. The van der Waals surface area contributed by atoms with Crippen LogP contribution in [0.25, 0.3) is 0 Å². The molecular formula is C17H24N2O5. The number of carbonyl (C=O) groups is 3. The lowest BCUT2D eigenvalue weighted by Crippen LogP contribution is -2.44. The molecule has 0 spiro atoms. The second-order valence-electron chi connectivity index (χ2n) is 6.17. The second kappa shape index (κ2) is 9.54. The van der Waals surface area contributed by atoms with Gasteiger partial charge in [0.05, 0.1) is 0 Å². The number of ether oxygens (including phenoxy) is 2. The standard InChI is InChI=1S/C17H24N2O5/c1-17(2,3)24-16(22)19-18-14(20)10-7-11-15(21)23-12-13-8-5-4-6-9-13/h4-6,8-9H,7,10-12H2,1-3H3,(H,18,20)(H,19,22). The summed E-state index contributed by atoms with van der Waals surface area (Å²) in [6, 6.07) is 9.34. The number of nitrogens with one attached hydrogen (secondary N) is 2. The molecule has 0 fully saturated rings. The van der Waals surface area contributed by atoms with Crippen LogP contribution in [0.4, 0.5) is 4.79 Å². The van der Waals surface area contributed by atoms with Gasteiger partial charge < -0.3 is 9.47 Å². The number of benzene rings is 1. The summed E-state index contributed by atoms with van der Waals surface area (Å²) in [6.07, 6.45) is -0.184. The van der Waals surface area contributed by atoms with Crippen LogP contribution in [0, 0.1) is 0 Å². The molecule has 0 unspecified atom stereocenters. The Morgan fingerprint density at radius 2 is 1.67 bits per heavy atom. The number of rotatable bonds is 6. The van der Waals surface area contributed by atoms with E-state index in [0.717, 1.165) is 5.56 Å². The van der Waals surface area contributed by atoms with Gasteiger partial charge in [-0.2, -0.15) is 0 Å². The summed E-state index contributed by atoms with van der Waals surface area (Å²) in [5.74, 6) is -0.775. The van der Waals surface area contributed by atoms with Crippen molar-refractivity contribution < 1.29 is 23.9 Å². The van der Waals surface area contributed by atoms with E-state index in [9.17, 15) is 14.4 Å². The van der Waals surface area contributed by atoms with E-state index < -0.39 is 17.6 Å². The monoisotopic (exact) mass is 336 g/mol. The molecule has 0 atom stereocenters. The van der Waals surface area contributed by atoms with E-state index in [1.807, 2.05) is 30.3 Å². The molecular weight excluding hydrogens is 312 g/mol. The van der Waals surface area contributed by atoms with Crippen LogP contribution in [-0.2, 0) is 25.7 Å². The van der Waals surface area contributed by atoms with Crippen molar-refractivity contribution in [1.82, 2.24) is 10.9 Å². The fourth-order valence-corrected chi connectivity index (χ4v) is 1.69. The van der Waals surface area contributed by atoms with E-state index in [4.69, 9.17) is 9.47 Å². The maximum Gasteiger partial charge on any atom is 0.426 e. The third kappa shape index (κ3) is 9.45. The van der Waals surface area contributed by atoms with E-state index >= 15 is 0 Å². The Hall–Kier alpha value is -2.57. The van der Waals surface area contributed by atoms with Gasteiger partial charge in [-0.1, -0.05) is 30.3 Å². The number of hydrazine groups is 1. The Morgan fingerprint density at radius 1 is 1.00 bits per heavy atom. The van der Waals surface area contributed by atoms with Crippen LogP contribution in [0.15, 0.2) is 30.3 Å². The highest BCUT2D eigenvalue weighted by Gasteiger charge is 2.16. The average Bonchev–Trinajstić information content (AvgIpc) is 2.50. The lowest BCUT2D eigenvalue weighted by Gasteiger charge is -2.19. The van der Waals surface area contributed by atoms with Gasteiger partial charge in [-0.05, 0) is 32.8 Å². The zero-order valence-electron chi connectivity index (χ0n) is 14.3. The van der Waals surface area contributed by atoms with Crippen molar-refractivity contribution in [3.63, 3.8) is 0 Å². The highest BCUT2D eigenvalue weighted by molar-refractivity contribution is 5.79. The molecule has 0 heterocycles. The third-order valence-electron chi connectivity index (χ3n) is 2.73. The van der Waals surface area contributed by atoms with Crippen LogP contribution in [0.5, 0.6) is 0 Å². The first-order valence-corrected chi connectivity index (χ1v) is 7.73. The Kier molecular flexibility index (Phi) is 7.74. The first-order valence-electron chi connectivity index (χ1n) is 7.73. The fraction of sp³-hybridized carbons (Fsp3) is 0.471. The quantitative estimate of drug-likeness (QED) is 0.615. The van der Waals surface area contributed by atoms with Crippen molar-refractivity contribution in [3.05, 3.63) is 35.9 Å². The lowest BCUT2D eigenvalue weighted by atomic mass is 10.2. The van der Waals surface area contributed by atoms with Crippen molar-refractivity contribution in [1.29, 1.82) is 0 Å². The van der Waals surface area contributed by atoms with E-state index in [1.165, 1.54) is 0 Å². The molecule has 0 aliphatic heterocycles. The minimum Gasteiger partial charge on any atom is -0.461 e. The van der Waals surface area contributed by atoms with Crippen molar-refractivity contribution in [2.75, 3.05) is 0 Å². The van der Waals surface area contributed by atoms with Gasteiger partial charge in [0.25, 0.3) is 0 Å². The number of carbonyl (C=O) groups excluding carboxylic acids is 3. The summed E-state index contributed by atoms with van der Waals surface area (Å²) in [6.45, 7) is 5.37. The molecule has 0 aromatic heterocycles. The molecule has 1 rings (SSSR count). The number of amides is 2. The molecule has 0 bridgehead atoms. The second-order valence-corrected chi connectivity index (χ2v) is 6.17. The molecule has 24 heavy (non-hydrogen) atoms. The summed E-state index contributed by atoms with van der Waals surface area (Å²) < 4.78 is 10.1. The Labute approximate surface area is 141 Å². The molecule has 0 saturated heterocycles. The molecule has 0 aliphatic rings. The van der Waals surface area contributed by atoms with Gasteiger partial charge in [0.15, 0.2) is 0 Å². The molecule has 0 radical (unpaired) electrons. The molecule has 2 N–H and O–H groups in total.